The quantitative estimate of drug-likeness (QED) is 0.881. The second-order valence-electron chi connectivity index (χ2n) is 4.85. The number of hydrogen-bond donors (Lipinski definition) is 2. The lowest BCUT2D eigenvalue weighted by atomic mass is 10.1. The molecule has 0 saturated carbocycles. The van der Waals surface area contributed by atoms with Crippen LogP contribution in [0.4, 0.5) is 0 Å². The summed E-state index contributed by atoms with van der Waals surface area (Å²) in [5.74, 6) is 0. The third kappa shape index (κ3) is 3.35. The Morgan fingerprint density at radius 1 is 1.58 bits per heavy atom. The van der Waals surface area contributed by atoms with Crippen molar-refractivity contribution < 1.29 is 18.3 Å². The van der Waals surface area contributed by atoms with Gasteiger partial charge in [-0.3, -0.25) is 0 Å². The SMILES string of the molecule is Cc1csc(CO)c1S(=O)(=O)NC1CCOC(C)C1. The van der Waals surface area contributed by atoms with Gasteiger partial charge in [-0.25, -0.2) is 13.1 Å². The molecule has 5 nitrogen and oxygen atoms in total. The van der Waals surface area contributed by atoms with Crippen LogP contribution < -0.4 is 4.72 Å². The summed E-state index contributed by atoms with van der Waals surface area (Å²) in [4.78, 5) is 0.726. The first-order valence-corrected chi connectivity index (χ1v) is 8.62. The zero-order valence-corrected chi connectivity index (χ0v) is 12.7. The van der Waals surface area contributed by atoms with E-state index in [9.17, 15) is 13.5 Å². The average molecular weight is 305 g/mol. The highest BCUT2D eigenvalue weighted by atomic mass is 32.2. The van der Waals surface area contributed by atoms with Gasteiger partial charge in [0.15, 0.2) is 0 Å². The van der Waals surface area contributed by atoms with Gasteiger partial charge in [0.05, 0.1) is 17.6 Å². The van der Waals surface area contributed by atoms with E-state index in [1.807, 2.05) is 6.92 Å². The van der Waals surface area contributed by atoms with Gasteiger partial charge in [-0.2, -0.15) is 0 Å². The van der Waals surface area contributed by atoms with Crippen molar-refractivity contribution in [2.24, 2.45) is 0 Å². The second kappa shape index (κ2) is 5.88. The van der Waals surface area contributed by atoms with Crippen LogP contribution in [0.25, 0.3) is 0 Å². The predicted octanol–water partition coefficient (Wildman–Crippen LogP) is 1.39. The van der Waals surface area contributed by atoms with Gasteiger partial charge >= 0.3 is 0 Å². The van der Waals surface area contributed by atoms with E-state index < -0.39 is 10.0 Å². The largest absolute Gasteiger partial charge is 0.391 e. The number of sulfonamides is 1. The summed E-state index contributed by atoms with van der Waals surface area (Å²) in [7, 11) is -3.57. The Bertz CT molecular complexity index is 538. The molecular formula is C12H19NO4S2. The van der Waals surface area contributed by atoms with E-state index in [1.165, 1.54) is 11.3 Å². The summed E-state index contributed by atoms with van der Waals surface area (Å²) < 4.78 is 33.0. The van der Waals surface area contributed by atoms with Crippen LogP contribution in [-0.2, 0) is 21.4 Å². The fourth-order valence-electron chi connectivity index (χ4n) is 2.34. The minimum absolute atomic E-state index is 0.0716. The summed E-state index contributed by atoms with van der Waals surface area (Å²) in [5.41, 5.74) is 0.682. The van der Waals surface area contributed by atoms with Gasteiger partial charge in [0.25, 0.3) is 0 Å². The van der Waals surface area contributed by atoms with E-state index in [0.717, 1.165) is 0 Å². The monoisotopic (exact) mass is 305 g/mol. The Labute approximate surface area is 117 Å². The first-order valence-electron chi connectivity index (χ1n) is 6.26. The lowest BCUT2D eigenvalue weighted by molar-refractivity contribution is 0.0173. The molecule has 1 aliphatic rings. The maximum Gasteiger partial charge on any atom is 0.242 e. The molecule has 19 heavy (non-hydrogen) atoms. The molecule has 1 aromatic rings. The number of aliphatic hydroxyl groups excluding tert-OH is 1. The molecule has 0 amide bonds. The molecule has 2 heterocycles. The third-order valence-electron chi connectivity index (χ3n) is 3.21. The second-order valence-corrected chi connectivity index (χ2v) is 7.47. The van der Waals surface area contributed by atoms with E-state index in [0.29, 0.717) is 29.9 Å². The van der Waals surface area contributed by atoms with Gasteiger partial charge in [-0.15, -0.1) is 11.3 Å². The number of rotatable bonds is 4. The molecule has 108 valence electrons. The van der Waals surface area contributed by atoms with Crippen molar-refractivity contribution in [3.63, 3.8) is 0 Å². The molecule has 0 aliphatic carbocycles. The van der Waals surface area contributed by atoms with Gasteiger partial charge < -0.3 is 9.84 Å². The molecule has 1 aromatic heterocycles. The van der Waals surface area contributed by atoms with Crippen molar-refractivity contribution in [2.45, 2.75) is 50.3 Å². The Kier molecular flexibility index (Phi) is 4.62. The molecule has 1 aliphatic heterocycles. The fourth-order valence-corrected chi connectivity index (χ4v) is 5.29. The molecule has 2 atom stereocenters. The molecule has 0 spiro atoms. The molecule has 2 N–H and O–H groups in total. The molecule has 0 radical (unpaired) electrons. The van der Waals surface area contributed by atoms with E-state index in [1.54, 1.807) is 12.3 Å². The number of hydrogen-bond acceptors (Lipinski definition) is 5. The smallest absolute Gasteiger partial charge is 0.242 e. The Hall–Kier alpha value is -0.470. The molecule has 7 heteroatoms. The number of ether oxygens (including phenoxy) is 1. The maximum atomic E-state index is 12.4. The van der Waals surface area contributed by atoms with Gasteiger partial charge in [0.1, 0.15) is 4.90 Å². The van der Waals surface area contributed by atoms with Crippen molar-refractivity contribution in [1.29, 1.82) is 0 Å². The van der Waals surface area contributed by atoms with Crippen LogP contribution in [0, 0.1) is 6.92 Å². The third-order valence-corrected chi connectivity index (χ3v) is 6.18. The minimum atomic E-state index is -3.57. The Morgan fingerprint density at radius 3 is 2.95 bits per heavy atom. The first-order chi connectivity index (χ1) is 8.94. The van der Waals surface area contributed by atoms with Crippen molar-refractivity contribution in [1.82, 2.24) is 4.72 Å². The zero-order chi connectivity index (χ0) is 14.0. The molecule has 0 aromatic carbocycles. The number of aryl methyl sites for hydroxylation is 1. The zero-order valence-electron chi connectivity index (χ0n) is 11.0. The maximum absolute atomic E-state index is 12.4. The van der Waals surface area contributed by atoms with Crippen molar-refractivity contribution >= 4 is 21.4 Å². The Morgan fingerprint density at radius 2 is 2.32 bits per heavy atom. The van der Waals surface area contributed by atoms with Crippen LogP contribution in [0.1, 0.15) is 30.2 Å². The summed E-state index contributed by atoms with van der Waals surface area (Å²) in [6, 6.07) is -0.0976. The Balaban J connectivity index is 2.20. The highest BCUT2D eigenvalue weighted by molar-refractivity contribution is 7.89. The number of thiophene rings is 1. The summed E-state index contributed by atoms with van der Waals surface area (Å²) in [5, 5.41) is 11.0. The highest BCUT2D eigenvalue weighted by Gasteiger charge is 2.28. The highest BCUT2D eigenvalue weighted by Crippen LogP contribution is 2.27. The number of aliphatic hydroxyl groups is 1. The van der Waals surface area contributed by atoms with Gasteiger partial charge in [0.2, 0.25) is 10.0 Å². The van der Waals surface area contributed by atoms with Gasteiger partial charge in [0, 0.05) is 12.6 Å². The lowest BCUT2D eigenvalue weighted by Gasteiger charge is -2.27. The first kappa shape index (κ1) is 14.9. The molecule has 1 saturated heterocycles. The van der Waals surface area contributed by atoms with E-state index in [2.05, 4.69) is 4.72 Å². The van der Waals surface area contributed by atoms with Crippen LogP contribution in [0.2, 0.25) is 0 Å². The standard InChI is InChI=1S/C12H19NO4S2/c1-8-7-18-11(6-14)12(8)19(15,16)13-10-3-4-17-9(2)5-10/h7,9-10,13-14H,3-6H2,1-2H3. The summed E-state index contributed by atoms with van der Waals surface area (Å²) in [6.45, 7) is 4.01. The fraction of sp³-hybridized carbons (Fsp3) is 0.667. The molecule has 2 rings (SSSR count). The average Bonchev–Trinajstić information content (AvgIpc) is 2.70. The molecule has 0 bridgehead atoms. The van der Waals surface area contributed by atoms with Crippen LogP contribution in [-0.4, -0.2) is 32.3 Å². The van der Waals surface area contributed by atoms with Crippen molar-refractivity contribution in [2.75, 3.05) is 6.61 Å². The van der Waals surface area contributed by atoms with E-state index in [4.69, 9.17) is 4.74 Å². The topological polar surface area (TPSA) is 75.6 Å². The van der Waals surface area contributed by atoms with Gasteiger partial charge in [-0.05, 0) is 37.6 Å². The van der Waals surface area contributed by atoms with Gasteiger partial charge in [-0.1, -0.05) is 0 Å². The van der Waals surface area contributed by atoms with Crippen LogP contribution >= 0.6 is 11.3 Å². The van der Waals surface area contributed by atoms with Crippen LogP contribution in [0.15, 0.2) is 10.3 Å². The minimum Gasteiger partial charge on any atom is -0.391 e. The summed E-state index contributed by atoms with van der Waals surface area (Å²) in [6.07, 6.45) is 1.43. The lowest BCUT2D eigenvalue weighted by Crippen LogP contribution is -2.41. The van der Waals surface area contributed by atoms with Crippen LogP contribution in [0.3, 0.4) is 0 Å². The van der Waals surface area contributed by atoms with E-state index >= 15 is 0 Å². The molecule has 1 fully saturated rings. The van der Waals surface area contributed by atoms with Crippen molar-refractivity contribution in [3.05, 3.63) is 15.8 Å². The molecule has 2 unspecified atom stereocenters. The normalized spacial score (nSPS) is 24.6. The molecular weight excluding hydrogens is 286 g/mol. The van der Waals surface area contributed by atoms with Crippen LogP contribution in [0.5, 0.6) is 0 Å². The summed E-state index contributed by atoms with van der Waals surface area (Å²) >= 11 is 1.27. The predicted molar refractivity (Wildman–Crippen MR) is 73.7 cm³/mol. The number of nitrogens with one attached hydrogen (secondary N) is 1. The van der Waals surface area contributed by atoms with Crippen molar-refractivity contribution in [3.8, 4) is 0 Å². The van der Waals surface area contributed by atoms with E-state index in [-0.39, 0.29) is 23.6 Å².